The van der Waals surface area contributed by atoms with Crippen molar-refractivity contribution in [1.82, 2.24) is 0 Å². The van der Waals surface area contributed by atoms with Crippen molar-refractivity contribution in [1.29, 1.82) is 0 Å². The van der Waals surface area contributed by atoms with Gasteiger partial charge in [0.2, 0.25) is 0 Å². The van der Waals surface area contributed by atoms with Crippen LogP contribution in [0.4, 0.5) is 0 Å². The summed E-state index contributed by atoms with van der Waals surface area (Å²) in [6.07, 6.45) is 9.50. The van der Waals surface area contributed by atoms with Gasteiger partial charge in [-0.2, -0.15) is 0 Å². The highest BCUT2D eigenvalue weighted by atomic mass is 31.2. The molecule has 4 aliphatic carbocycles. The van der Waals surface area contributed by atoms with Gasteiger partial charge in [0.15, 0.2) is 0 Å². The SMILES string of the molecule is C=C[C@@H](C)[C@H]1CCC2C3CC[C@@H]4C[C@H](OC(C)=O)CC[C@]4(C)C3C[C@H](O)[C@@]21C(C)=O.COCOC[C@H](C=P(c1ccccc1)(c1ccccc1)c1ccccc1)C(C)C. The molecular formula is C52H71O6P. The quantitative estimate of drug-likeness (QED) is 0.0609. The van der Waals surface area contributed by atoms with E-state index in [0.717, 1.165) is 51.4 Å². The minimum Gasteiger partial charge on any atom is -0.463 e. The van der Waals surface area contributed by atoms with Crippen molar-refractivity contribution >= 4 is 40.3 Å². The molecule has 0 spiro atoms. The van der Waals surface area contributed by atoms with E-state index in [0.29, 0.717) is 48.9 Å². The number of hydrogen-bond donors (Lipinski definition) is 1. The van der Waals surface area contributed by atoms with Crippen molar-refractivity contribution < 1.29 is 28.9 Å². The Morgan fingerprint density at radius 3 is 1.90 bits per heavy atom. The molecule has 0 heterocycles. The first kappa shape index (κ1) is 45.3. The fraction of sp³-hybridized carbons (Fsp3) is 0.558. The maximum Gasteiger partial charge on any atom is 0.302 e. The molecule has 320 valence electrons. The summed E-state index contributed by atoms with van der Waals surface area (Å²) in [4.78, 5) is 24.6. The number of methoxy groups -OCH3 is 1. The number of Topliss-reactive ketones (excluding diaryl/α,β-unsaturated/α-hetero) is 1. The normalized spacial score (nSPS) is 31.0. The number of carbonyl (C=O) groups is 2. The number of ether oxygens (including phenoxy) is 3. The van der Waals surface area contributed by atoms with Crippen LogP contribution >= 0.6 is 6.89 Å². The summed E-state index contributed by atoms with van der Waals surface area (Å²) in [7, 11) is 1.67. The Kier molecular flexibility index (Phi) is 15.0. The minimum atomic E-state index is -1.96. The van der Waals surface area contributed by atoms with Gasteiger partial charge in [0.25, 0.3) is 0 Å². The van der Waals surface area contributed by atoms with E-state index in [-0.39, 0.29) is 35.1 Å². The van der Waals surface area contributed by atoms with Gasteiger partial charge in [-0.25, -0.2) is 0 Å². The number of rotatable bonds is 13. The molecule has 1 N–H and O–H groups in total. The average molecular weight is 823 g/mol. The number of aliphatic hydroxyl groups excluding tert-OH is 1. The van der Waals surface area contributed by atoms with E-state index in [9.17, 15) is 14.7 Å². The lowest BCUT2D eigenvalue weighted by atomic mass is 9.43. The van der Waals surface area contributed by atoms with Crippen LogP contribution in [0.15, 0.2) is 104 Å². The molecular weight excluding hydrogens is 752 g/mol. The average Bonchev–Trinajstić information content (AvgIpc) is 3.66. The van der Waals surface area contributed by atoms with Gasteiger partial charge in [-0.15, -0.1) is 6.58 Å². The highest BCUT2D eigenvalue weighted by Crippen LogP contribution is 2.68. The number of ketones is 1. The van der Waals surface area contributed by atoms with Crippen molar-refractivity contribution in [2.24, 2.45) is 58.2 Å². The van der Waals surface area contributed by atoms with Gasteiger partial charge in [-0.3, -0.25) is 9.59 Å². The third kappa shape index (κ3) is 8.90. The minimum absolute atomic E-state index is 0.0475. The van der Waals surface area contributed by atoms with Crippen LogP contribution in [0, 0.1) is 58.2 Å². The molecule has 0 amide bonds. The van der Waals surface area contributed by atoms with Gasteiger partial charge in [0, 0.05) is 20.0 Å². The Morgan fingerprint density at radius 1 is 0.831 bits per heavy atom. The predicted octanol–water partition coefficient (Wildman–Crippen LogP) is 9.61. The van der Waals surface area contributed by atoms with Crippen molar-refractivity contribution in [2.45, 2.75) is 105 Å². The van der Waals surface area contributed by atoms with E-state index in [1.54, 1.807) is 14.0 Å². The van der Waals surface area contributed by atoms with Gasteiger partial charge in [0.1, 0.15) is 18.7 Å². The van der Waals surface area contributed by atoms with E-state index in [1.165, 1.54) is 22.8 Å². The van der Waals surface area contributed by atoms with Gasteiger partial charge in [-0.1, -0.05) is 131 Å². The Hall–Kier alpha value is -3.28. The van der Waals surface area contributed by atoms with Crippen molar-refractivity contribution in [2.75, 3.05) is 20.5 Å². The Balaban J connectivity index is 0.000000199. The Labute approximate surface area is 355 Å². The summed E-state index contributed by atoms with van der Waals surface area (Å²) >= 11 is 0. The molecule has 3 aromatic carbocycles. The fourth-order valence-corrected chi connectivity index (χ4v) is 16.9. The van der Waals surface area contributed by atoms with E-state index >= 15 is 0 Å². The predicted molar refractivity (Wildman–Crippen MR) is 244 cm³/mol. The van der Waals surface area contributed by atoms with E-state index < -0.39 is 18.4 Å². The highest BCUT2D eigenvalue weighted by Gasteiger charge is 2.67. The van der Waals surface area contributed by atoms with Crippen LogP contribution in [0.5, 0.6) is 0 Å². The first-order chi connectivity index (χ1) is 28.3. The van der Waals surface area contributed by atoms with Crippen molar-refractivity contribution in [3.8, 4) is 0 Å². The lowest BCUT2D eigenvalue weighted by molar-refractivity contribution is -0.188. The number of hydrogen-bond acceptors (Lipinski definition) is 6. The molecule has 4 aliphatic rings. The third-order valence-corrected chi connectivity index (χ3v) is 19.6. The molecule has 0 bridgehead atoms. The lowest BCUT2D eigenvalue weighted by Gasteiger charge is -2.62. The fourth-order valence-electron chi connectivity index (χ4n) is 12.6. The summed E-state index contributed by atoms with van der Waals surface area (Å²) in [5.74, 6) is 5.64. The standard InChI is InChI=1S/C26H40O4.C26H31O2P/c1-6-15(2)21-9-10-22-20-8-7-18-13-19(30-17(4)28)11-12-25(18,5)23(20)14-24(29)26(21,22)16(3)27;1-22(2)23(19-28-21-27-3)20-29(24-13-7-4-8-14-24,25-15-9-5-10-16-25)26-17-11-6-12-18-26/h6,15,18-24,29H,1,7-14H2,2-5H3;4-18,20,22-23H,19,21H2,1-3H3/t15-,18-,19-,20?,21-,22?,23?,24+,25+,26-;23-/m11/s1. The number of allylic oxidation sites excluding steroid dienone is 1. The van der Waals surface area contributed by atoms with Crippen LogP contribution in [0.1, 0.15) is 92.9 Å². The third-order valence-electron chi connectivity index (χ3n) is 15.5. The lowest BCUT2D eigenvalue weighted by Crippen LogP contribution is -2.62. The number of esters is 1. The smallest absolute Gasteiger partial charge is 0.302 e. The van der Waals surface area contributed by atoms with Crippen LogP contribution in [-0.2, 0) is 23.8 Å². The van der Waals surface area contributed by atoms with Crippen molar-refractivity contribution in [3.63, 3.8) is 0 Å². The highest BCUT2D eigenvalue weighted by molar-refractivity contribution is 7.94. The summed E-state index contributed by atoms with van der Waals surface area (Å²) in [6.45, 7) is 15.4. The molecule has 4 fully saturated rings. The Bertz CT molecular complexity index is 1790. The van der Waals surface area contributed by atoms with Crippen LogP contribution in [0.3, 0.4) is 0 Å². The molecule has 7 rings (SSSR count). The van der Waals surface area contributed by atoms with Crippen LogP contribution in [-0.4, -0.2) is 55.4 Å². The van der Waals surface area contributed by atoms with Gasteiger partial charge in [-0.05, 0) is 128 Å². The number of carbonyl (C=O) groups excluding carboxylic acids is 2. The second-order valence-corrected chi connectivity index (χ2v) is 22.0. The summed E-state index contributed by atoms with van der Waals surface area (Å²) in [6, 6.07) is 32.8. The Morgan fingerprint density at radius 2 is 1.41 bits per heavy atom. The molecule has 0 saturated heterocycles. The maximum atomic E-state index is 13.2. The van der Waals surface area contributed by atoms with Crippen LogP contribution in [0.2, 0.25) is 0 Å². The van der Waals surface area contributed by atoms with Gasteiger partial charge in [0.05, 0.1) is 18.1 Å². The molecule has 4 saturated carbocycles. The second kappa shape index (κ2) is 19.6. The van der Waals surface area contributed by atoms with E-state index in [1.807, 2.05) is 6.08 Å². The molecule has 7 heteroatoms. The first-order valence-electron chi connectivity index (χ1n) is 22.3. The summed E-state index contributed by atoms with van der Waals surface area (Å²) in [5, 5.41) is 15.7. The monoisotopic (exact) mass is 822 g/mol. The zero-order valence-corrected chi connectivity index (χ0v) is 37.7. The molecule has 3 unspecified atom stereocenters. The van der Waals surface area contributed by atoms with Crippen molar-refractivity contribution in [3.05, 3.63) is 104 Å². The maximum absolute atomic E-state index is 13.2. The topological polar surface area (TPSA) is 82.1 Å². The number of fused-ring (bicyclic) bond motifs is 5. The molecule has 59 heavy (non-hydrogen) atoms. The summed E-state index contributed by atoms with van der Waals surface area (Å²) in [5.41, 5.74) is -0.418. The largest absolute Gasteiger partial charge is 0.463 e. The van der Waals surface area contributed by atoms with Crippen LogP contribution < -0.4 is 15.9 Å². The van der Waals surface area contributed by atoms with E-state index in [4.69, 9.17) is 14.2 Å². The molecule has 0 radical (unpaired) electrons. The molecule has 3 aromatic rings. The zero-order valence-electron chi connectivity index (χ0n) is 36.8. The molecule has 0 aromatic heterocycles. The molecule has 0 aliphatic heterocycles. The molecule has 6 nitrogen and oxygen atoms in total. The van der Waals surface area contributed by atoms with Crippen LogP contribution in [0.25, 0.3) is 0 Å². The number of aliphatic hydroxyl groups is 1. The summed E-state index contributed by atoms with van der Waals surface area (Å²) < 4.78 is 16.5. The van der Waals surface area contributed by atoms with E-state index in [2.05, 4.69) is 131 Å². The first-order valence-corrected chi connectivity index (χ1v) is 24.2. The van der Waals surface area contributed by atoms with Gasteiger partial charge < -0.3 is 19.3 Å². The van der Waals surface area contributed by atoms with Gasteiger partial charge >= 0.3 is 5.97 Å². The zero-order chi connectivity index (χ0) is 42.4. The number of benzene rings is 3. The molecule has 11 atom stereocenters. The second-order valence-electron chi connectivity index (χ2n) is 18.7.